The number of hydrogen-bond acceptors (Lipinski definition) is 12. The van der Waals surface area contributed by atoms with Gasteiger partial charge in [-0.1, -0.05) is 18.2 Å². The van der Waals surface area contributed by atoms with Crippen LogP contribution in [0.3, 0.4) is 0 Å². The van der Waals surface area contributed by atoms with Crippen LogP contribution in [-0.4, -0.2) is 82.2 Å². The van der Waals surface area contributed by atoms with Crippen LogP contribution in [0.4, 0.5) is 65.4 Å². The minimum atomic E-state index is -5.13. The number of rotatable bonds is 19. The molecule has 0 radical (unpaired) electrons. The molecule has 3 aliphatic rings. The van der Waals surface area contributed by atoms with E-state index in [1.165, 1.54) is 86.6 Å². The molecule has 6 aromatic carbocycles. The first-order chi connectivity index (χ1) is 45.9. The van der Waals surface area contributed by atoms with Crippen LogP contribution >= 0.6 is 0 Å². The summed E-state index contributed by atoms with van der Waals surface area (Å²) in [5, 5.41) is 38.7. The number of carbonyl (C=O) groups is 4. The van der Waals surface area contributed by atoms with Crippen molar-refractivity contribution in [3.05, 3.63) is 227 Å². The van der Waals surface area contributed by atoms with Crippen molar-refractivity contribution < 1.29 is 76.9 Å². The summed E-state index contributed by atoms with van der Waals surface area (Å²) in [5.41, 5.74) is -16.8. The Hall–Kier alpha value is -12.1. The molecule has 9 rings (SSSR count). The Morgan fingerprint density at radius 2 is 0.938 bits per heavy atom. The Morgan fingerprint density at radius 3 is 1.32 bits per heavy atom. The van der Waals surface area contributed by atoms with E-state index in [4.69, 9.17) is 41.0 Å². The molecule has 3 fully saturated rings. The van der Waals surface area contributed by atoms with E-state index in [1.54, 1.807) is 11.9 Å². The third-order valence-electron chi connectivity index (χ3n) is 18.0. The Balaban J connectivity index is 0.964. The highest BCUT2D eigenvalue weighted by Gasteiger charge is 2.66. The van der Waals surface area contributed by atoms with Crippen LogP contribution in [0.25, 0.3) is 19.4 Å². The van der Waals surface area contributed by atoms with Gasteiger partial charge in [-0.05, 0) is 104 Å². The van der Waals surface area contributed by atoms with Gasteiger partial charge in [0.05, 0.1) is 53.6 Å². The molecule has 29 heteroatoms. The minimum absolute atomic E-state index is 0.0408. The second-order valence-corrected chi connectivity index (χ2v) is 22.9. The third kappa shape index (κ3) is 10.9. The van der Waals surface area contributed by atoms with Crippen LogP contribution in [0.2, 0.25) is 0 Å². The monoisotopic (exact) mass is 1330 g/mol. The number of likely N-dealkylation sites (N-methyl/N-ethyl adjacent to an activating group) is 2. The summed E-state index contributed by atoms with van der Waals surface area (Å²) in [5.74, 6) is -25.5. The van der Waals surface area contributed by atoms with Gasteiger partial charge in [0.15, 0.2) is 70.8 Å². The summed E-state index contributed by atoms with van der Waals surface area (Å²) in [7, 11) is 4.27. The highest BCUT2D eigenvalue weighted by molar-refractivity contribution is 6.25. The first-order valence-electron chi connectivity index (χ1n) is 28.7. The number of anilines is 3. The summed E-state index contributed by atoms with van der Waals surface area (Å²) in [6.45, 7) is 31.3. The van der Waals surface area contributed by atoms with Crippen molar-refractivity contribution >= 4 is 40.7 Å². The fourth-order valence-corrected chi connectivity index (χ4v) is 12.5. The van der Waals surface area contributed by atoms with E-state index < -0.39 is 173 Å². The molecule has 0 spiro atoms. The Bertz CT molecular complexity index is 4570. The lowest BCUT2D eigenvalue weighted by molar-refractivity contribution is -0.173. The largest absolute Gasteiger partial charge is 0.491 e. The van der Waals surface area contributed by atoms with E-state index in [1.807, 2.05) is 0 Å². The lowest BCUT2D eigenvalue weighted by atomic mass is 9.75. The van der Waals surface area contributed by atoms with Crippen molar-refractivity contribution in [1.82, 2.24) is 4.90 Å². The number of benzene rings is 6. The summed E-state index contributed by atoms with van der Waals surface area (Å²) in [4.78, 5) is 71.6. The van der Waals surface area contributed by atoms with Gasteiger partial charge in [0.25, 0.3) is 0 Å². The SMILES string of the molecule is [C-]#[N+]C(C#N)c1c(F)c(F)c(C(C#N)([N+]#[C-])c2ccc(N(C)CCOc3ccc(C(C)(c4ccc(OCCN(C)c5ccc(C(C#N)([N+]#[C-])c6c(F)c(F)c(C(C#N)[N+]#[C-])c(F)c6F)cc5)c(N5C(=O)C6CC7C(=O)N(C)C(=O)C7C6C5=O)c4)C(F)(F)F)cc3C)cc2)c(F)c1F. The lowest BCUT2D eigenvalue weighted by Crippen LogP contribution is -2.41. The van der Waals surface area contributed by atoms with Crippen LogP contribution in [0.5, 0.6) is 11.5 Å². The number of aryl methyl sites for hydroxylation is 1. The third-order valence-corrected chi connectivity index (χ3v) is 18.0. The van der Waals surface area contributed by atoms with Gasteiger partial charge in [-0.25, -0.2) is 66.3 Å². The summed E-state index contributed by atoms with van der Waals surface area (Å²) < 4.78 is 184. The van der Waals surface area contributed by atoms with Gasteiger partial charge in [-0.2, -0.15) is 34.2 Å². The molecule has 4 amide bonds. The predicted octanol–water partition coefficient (Wildman–Crippen LogP) is 12.1. The van der Waals surface area contributed by atoms with E-state index in [9.17, 15) is 35.0 Å². The molecule has 1 aliphatic carbocycles. The highest BCUT2D eigenvalue weighted by atomic mass is 19.4. The van der Waals surface area contributed by atoms with E-state index in [0.29, 0.717) is 10.6 Å². The number of nitrogens with zero attached hydrogens (tertiary/aromatic N) is 12. The molecular formula is C68H45F11N12O6. The number of likely N-dealkylation sites (tertiary alicyclic amines) is 1. The number of fused-ring (bicyclic) bond motifs is 3. The van der Waals surface area contributed by atoms with E-state index >= 15 is 48.3 Å². The molecule has 490 valence electrons. The zero-order valence-electron chi connectivity index (χ0n) is 51.1. The Morgan fingerprint density at radius 1 is 0.557 bits per heavy atom. The Labute approximate surface area is 545 Å². The molecule has 2 saturated heterocycles. The fraction of sp³-hybridized carbons (Fsp3) is 0.294. The molecule has 6 aromatic rings. The van der Waals surface area contributed by atoms with Gasteiger partial charge in [-0.3, -0.25) is 43.5 Å². The Kier molecular flexibility index (Phi) is 18.6. The molecular weight excluding hydrogens is 1290 g/mol. The first-order valence-corrected chi connectivity index (χ1v) is 28.7. The topological polar surface area (TPSA) is 212 Å². The molecule has 1 saturated carbocycles. The molecule has 0 bridgehead atoms. The number of imide groups is 2. The summed E-state index contributed by atoms with van der Waals surface area (Å²) >= 11 is 0. The quantitative estimate of drug-likeness (QED) is 0.0321. The van der Waals surface area contributed by atoms with E-state index in [2.05, 4.69) is 19.4 Å². The van der Waals surface area contributed by atoms with Gasteiger partial charge in [0.1, 0.15) is 52.4 Å². The number of alkyl halides is 3. The van der Waals surface area contributed by atoms with Gasteiger partial charge < -0.3 is 19.3 Å². The number of hydrogen-bond donors (Lipinski definition) is 0. The predicted molar refractivity (Wildman–Crippen MR) is 318 cm³/mol. The number of nitriles is 4. The van der Waals surface area contributed by atoms with Gasteiger partial charge in [-0.15, -0.1) is 0 Å². The van der Waals surface area contributed by atoms with Gasteiger partial charge in [0.2, 0.25) is 23.6 Å². The van der Waals surface area contributed by atoms with Crippen molar-refractivity contribution in [3.63, 3.8) is 0 Å². The van der Waals surface area contributed by atoms with Crippen LogP contribution in [0.1, 0.15) is 75.5 Å². The number of carbonyl (C=O) groups excluding carboxylic acids is 4. The smallest absolute Gasteiger partial charge is 0.402 e. The second-order valence-electron chi connectivity index (χ2n) is 22.9. The molecule has 18 nitrogen and oxygen atoms in total. The molecule has 2 aliphatic heterocycles. The average Bonchev–Trinajstić information content (AvgIpc) is 1.50. The van der Waals surface area contributed by atoms with Crippen molar-refractivity contribution in [2.45, 2.75) is 55.0 Å². The standard InChI is InChI=1S/C68H45F11N12O6/c1-33-26-36(14-20-45(33)96-24-22-88(7)38-16-10-34(11-17-38)66(31-82,86-5)51-57(73)53(69)49(42(29-80)84-3)54(70)58(51)74)65(2,68(77,78)79)37-15-21-46(44(27-37)91-62(93)41-28-40-47(48(41)64(91)95)63(94)90(9)61(40)92)97-25-23-89(8)39-18-12-35(13-19-39)67(32-83,87-6)52-59(75)55(71)50(43(30-81)85-4)56(72)60(52)76/h10-21,26-27,40-43,47-48H,22-25,28H2,1-2,7-9H3. The van der Waals surface area contributed by atoms with Crippen LogP contribution in [0.15, 0.2) is 84.9 Å². The van der Waals surface area contributed by atoms with Crippen LogP contribution < -0.4 is 24.2 Å². The zero-order chi connectivity index (χ0) is 71.3. The number of ether oxygens (including phenoxy) is 2. The molecule has 0 N–H and O–H groups in total. The average molecular weight is 1340 g/mol. The molecule has 0 aromatic heterocycles. The molecule has 2 heterocycles. The van der Waals surface area contributed by atoms with Crippen molar-refractivity contribution in [2.75, 3.05) is 62.1 Å². The first kappa shape index (κ1) is 69.3. The van der Waals surface area contributed by atoms with Crippen LogP contribution in [-0.2, 0) is 35.7 Å². The lowest BCUT2D eigenvalue weighted by Gasteiger charge is -2.35. The van der Waals surface area contributed by atoms with Crippen LogP contribution in [0, 0.1) is 149 Å². The fourth-order valence-electron chi connectivity index (χ4n) is 12.5. The normalized spacial score (nSPS) is 18.8. The maximum Gasteiger partial charge on any atom is 0.402 e. The van der Waals surface area contributed by atoms with Gasteiger partial charge >= 0.3 is 29.3 Å². The van der Waals surface area contributed by atoms with Crippen molar-refractivity contribution in [3.8, 4) is 35.8 Å². The van der Waals surface area contributed by atoms with Crippen molar-refractivity contribution in [1.29, 1.82) is 21.0 Å². The summed E-state index contributed by atoms with van der Waals surface area (Å²) in [6, 6.07) is 16.9. The maximum absolute atomic E-state index is 16.0. The summed E-state index contributed by atoms with van der Waals surface area (Å²) in [6.07, 6.45) is -5.35. The molecule has 9 atom stereocenters. The number of halogens is 11. The van der Waals surface area contributed by atoms with E-state index in [-0.39, 0.29) is 61.0 Å². The number of amides is 4. The van der Waals surface area contributed by atoms with E-state index in [0.717, 1.165) is 60.4 Å². The minimum Gasteiger partial charge on any atom is -0.491 e. The zero-order valence-corrected chi connectivity index (χ0v) is 51.1. The van der Waals surface area contributed by atoms with Crippen molar-refractivity contribution in [2.24, 2.45) is 23.7 Å². The highest BCUT2D eigenvalue weighted by Crippen LogP contribution is 2.55. The second kappa shape index (κ2) is 26.0. The van der Waals surface area contributed by atoms with Gasteiger partial charge in [0, 0.05) is 32.5 Å². The molecule has 9 unspecified atom stereocenters. The maximum atomic E-state index is 16.0. The molecule has 97 heavy (non-hydrogen) atoms.